The van der Waals surface area contributed by atoms with E-state index < -0.39 is 21.3 Å². The summed E-state index contributed by atoms with van der Waals surface area (Å²) in [5.41, 5.74) is 10.1. The Balaban J connectivity index is 2.34. The van der Waals surface area contributed by atoms with E-state index >= 15 is 0 Å². The van der Waals surface area contributed by atoms with Crippen molar-refractivity contribution in [1.82, 2.24) is 9.29 Å². The van der Waals surface area contributed by atoms with Crippen LogP contribution < -0.4 is 11.5 Å². The number of hydrogen-bond donors (Lipinski definition) is 2. The molecule has 1 aromatic heterocycles. The van der Waals surface area contributed by atoms with E-state index in [1.54, 1.807) is 6.92 Å². The molecule has 1 aliphatic heterocycles. The predicted molar refractivity (Wildman–Crippen MR) is 69.3 cm³/mol. The highest BCUT2D eigenvalue weighted by Gasteiger charge is 2.44. The molecule has 1 amide bonds. The van der Waals surface area contributed by atoms with Crippen LogP contribution in [0, 0.1) is 5.41 Å². The van der Waals surface area contributed by atoms with Crippen LogP contribution in [-0.2, 0) is 14.8 Å². The predicted octanol–water partition coefficient (Wildman–Crippen LogP) is -0.450. The van der Waals surface area contributed by atoms with E-state index in [1.807, 2.05) is 0 Å². The first-order chi connectivity index (χ1) is 8.77. The highest BCUT2D eigenvalue weighted by atomic mass is 32.2. The topological polar surface area (TPSA) is 119 Å². The standard InChI is InChI=1S/C11H16N4O3S/c1-11(10(13)16)4-6-15(7-11)19(17,18)8-3-2-5-14-9(8)12/h2-3,5H,4,6-7H2,1H3,(H2,12,14)(H2,13,16). The van der Waals surface area contributed by atoms with Gasteiger partial charge in [-0.2, -0.15) is 4.31 Å². The fraction of sp³-hybridized carbons (Fsp3) is 0.455. The number of hydrogen-bond acceptors (Lipinski definition) is 5. The quantitative estimate of drug-likeness (QED) is 0.779. The Kier molecular flexibility index (Phi) is 3.23. The summed E-state index contributed by atoms with van der Waals surface area (Å²) in [6, 6.07) is 2.91. The molecule has 1 saturated heterocycles. The number of nitrogens with two attached hydrogens (primary N) is 2. The lowest BCUT2D eigenvalue weighted by molar-refractivity contribution is -0.126. The lowest BCUT2D eigenvalue weighted by atomic mass is 9.89. The third kappa shape index (κ3) is 2.28. The number of pyridine rings is 1. The summed E-state index contributed by atoms with van der Waals surface area (Å²) in [4.78, 5) is 15.1. The van der Waals surface area contributed by atoms with Gasteiger partial charge in [0.05, 0.1) is 5.41 Å². The number of primary amides is 1. The van der Waals surface area contributed by atoms with Crippen molar-refractivity contribution in [2.45, 2.75) is 18.2 Å². The minimum Gasteiger partial charge on any atom is -0.383 e. The zero-order valence-electron chi connectivity index (χ0n) is 10.5. The Bertz CT molecular complexity index is 616. The molecule has 19 heavy (non-hydrogen) atoms. The van der Waals surface area contributed by atoms with E-state index in [-0.39, 0.29) is 23.8 Å². The fourth-order valence-corrected chi connectivity index (χ4v) is 3.72. The number of aromatic nitrogens is 1. The zero-order chi connectivity index (χ0) is 14.3. The number of carbonyl (C=O) groups is 1. The molecule has 0 aromatic carbocycles. The summed E-state index contributed by atoms with van der Waals surface area (Å²) in [7, 11) is -3.74. The average molecular weight is 284 g/mol. The first-order valence-corrected chi connectivity index (χ1v) is 7.22. The number of sulfonamides is 1. The summed E-state index contributed by atoms with van der Waals surface area (Å²) in [6.45, 7) is 1.98. The van der Waals surface area contributed by atoms with Crippen molar-refractivity contribution in [1.29, 1.82) is 0 Å². The van der Waals surface area contributed by atoms with Crippen molar-refractivity contribution in [2.24, 2.45) is 11.1 Å². The first-order valence-electron chi connectivity index (χ1n) is 5.78. The molecule has 0 radical (unpaired) electrons. The van der Waals surface area contributed by atoms with Crippen molar-refractivity contribution in [3.63, 3.8) is 0 Å². The Morgan fingerprint density at radius 1 is 1.53 bits per heavy atom. The van der Waals surface area contributed by atoms with E-state index in [2.05, 4.69) is 4.98 Å². The summed E-state index contributed by atoms with van der Waals surface area (Å²) < 4.78 is 26.1. The lowest BCUT2D eigenvalue weighted by Gasteiger charge is -2.21. The molecule has 1 fully saturated rings. The Labute approximate surface area is 111 Å². The lowest BCUT2D eigenvalue weighted by Crippen LogP contribution is -2.38. The number of nitrogen functional groups attached to an aromatic ring is 1. The molecular formula is C11H16N4O3S. The molecule has 4 N–H and O–H groups in total. The van der Waals surface area contributed by atoms with Crippen molar-refractivity contribution >= 4 is 21.7 Å². The molecule has 8 heteroatoms. The maximum absolute atomic E-state index is 12.4. The van der Waals surface area contributed by atoms with Gasteiger partial charge in [0.2, 0.25) is 15.9 Å². The second-order valence-electron chi connectivity index (χ2n) is 4.90. The number of rotatable bonds is 3. The van der Waals surface area contributed by atoms with Crippen molar-refractivity contribution in [3.8, 4) is 0 Å². The summed E-state index contributed by atoms with van der Waals surface area (Å²) in [5, 5.41) is 0. The van der Waals surface area contributed by atoms with Gasteiger partial charge < -0.3 is 11.5 Å². The number of nitrogens with zero attached hydrogens (tertiary/aromatic N) is 2. The van der Waals surface area contributed by atoms with Gasteiger partial charge in [-0.3, -0.25) is 4.79 Å². The van der Waals surface area contributed by atoms with Gasteiger partial charge in [-0.05, 0) is 25.5 Å². The minimum atomic E-state index is -3.74. The Hall–Kier alpha value is -1.67. The summed E-state index contributed by atoms with van der Waals surface area (Å²) >= 11 is 0. The van der Waals surface area contributed by atoms with Gasteiger partial charge in [0, 0.05) is 19.3 Å². The number of carbonyl (C=O) groups excluding carboxylic acids is 1. The molecule has 7 nitrogen and oxygen atoms in total. The van der Waals surface area contributed by atoms with Gasteiger partial charge in [-0.25, -0.2) is 13.4 Å². The molecule has 0 bridgehead atoms. The zero-order valence-corrected chi connectivity index (χ0v) is 11.4. The van der Waals surface area contributed by atoms with Crippen molar-refractivity contribution < 1.29 is 13.2 Å². The fourth-order valence-electron chi connectivity index (χ4n) is 2.09. The Morgan fingerprint density at radius 2 is 2.21 bits per heavy atom. The van der Waals surface area contributed by atoms with Gasteiger partial charge >= 0.3 is 0 Å². The van der Waals surface area contributed by atoms with Crippen LogP contribution in [0.1, 0.15) is 13.3 Å². The van der Waals surface area contributed by atoms with Gasteiger partial charge in [0.15, 0.2) is 0 Å². The van der Waals surface area contributed by atoms with Gasteiger partial charge in [0.25, 0.3) is 0 Å². The van der Waals surface area contributed by atoms with Crippen LogP contribution >= 0.6 is 0 Å². The smallest absolute Gasteiger partial charge is 0.246 e. The molecule has 1 unspecified atom stereocenters. The van der Waals surface area contributed by atoms with E-state index in [4.69, 9.17) is 11.5 Å². The monoisotopic (exact) mass is 284 g/mol. The van der Waals surface area contributed by atoms with E-state index in [0.29, 0.717) is 6.42 Å². The largest absolute Gasteiger partial charge is 0.383 e. The van der Waals surface area contributed by atoms with Crippen molar-refractivity contribution in [3.05, 3.63) is 18.3 Å². The molecule has 0 spiro atoms. The third-order valence-electron chi connectivity index (χ3n) is 3.45. The molecule has 104 valence electrons. The second kappa shape index (κ2) is 4.46. The van der Waals surface area contributed by atoms with E-state index in [0.717, 1.165) is 0 Å². The molecule has 1 aromatic rings. The SMILES string of the molecule is CC1(C(N)=O)CCN(S(=O)(=O)c2cccnc2N)C1. The minimum absolute atomic E-state index is 0.0382. The third-order valence-corrected chi connectivity index (χ3v) is 5.34. The van der Waals surface area contributed by atoms with E-state index in [9.17, 15) is 13.2 Å². The Morgan fingerprint density at radius 3 is 2.74 bits per heavy atom. The maximum atomic E-state index is 12.4. The van der Waals surface area contributed by atoms with Crippen LogP contribution in [0.2, 0.25) is 0 Å². The summed E-state index contributed by atoms with van der Waals surface area (Å²) in [5.74, 6) is -0.542. The molecule has 1 atom stereocenters. The molecule has 0 aliphatic carbocycles. The van der Waals surface area contributed by atoms with Crippen LogP contribution in [0.3, 0.4) is 0 Å². The van der Waals surface area contributed by atoms with Gasteiger partial charge in [-0.15, -0.1) is 0 Å². The average Bonchev–Trinajstić information content (AvgIpc) is 2.74. The van der Waals surface area contributed by atoms with Gasteiger partial charge in [-0.1, -0.05) is 0 Å². The first kappa shape index (κ1) is 13.8. The van der Waals surface area contributed by atoms with Crippen LogP contribution in [0.5, 0.6) is 0 Å². The van der Waals surface area contributed by atoms with Gasteiger partial charge in [0.1, 0.15) is 10.7 Å². The summed E-state index contributed by atoms with van der Waals surface area (Å²) in [6.07, 6.45) is 1.83. The molecular weight excluding hydrogens is 268 g/mol. The van der Waals surface area contributed by atoms with Crippen LogP contribution in [0.15, 0.2) is 23.2 Å². The maximum Gasteiger partial charge on any atom is 0.246 e. The van der Waals surface area contributed by atoms with E-state index in [1.165, 1.54) is 22.6 Å². The van der Waals surface area contributed by atoms with Crippen LogP contribution in [0.25, 0.3) is 0 Å². The normalized spacial score (nSPS) is 24.5. The number of anilines is 1. The molecule has 0 saturated carbocycles. The highest BCUT2D eigenvalue weighted by molar-refractivity contribution is 7.89. The molecule has 2 heterocycles. The molecule has 2 rings (SSSR count). The number of amides is 1. The second-order valence-corrected chi connectivity index (χ2v) is 6.81. The van der Waals surface area contributed by atoms with Crippen LogP contribution in [0.4, 0.5) is 5.82 Å². The highest BCUT2D eigenvalue weighted by Crippen LogP contribution is 2.33. The van der Waals surface area contributed by atoms with Crippen LogP contribution in [-0.4, -0.2) is 36.7 Å². The molecule has 1 aliphatic rings. The van der Waals surface area contributed by atoms with Crippen molar-refractivity contribution in [2.75, 3.05) is 18.8 Å².